The lowest BCUT2D eigenvalue weighted by molar-refractivity contribution is -0.144. The average molecular weight is 430 g/mol. The summed E-state index contributed by atoms with van der Waals surface area (Å²) < 4.78 is 0. The molecular weight excluding hydrogens is 404 g/mol. The van der Waals surface area contributed by atoms with E-state index in [2.05, 4.69) is 10.3 Å². The second-order valence-corrected chi connectivity index (χ2v) is 7.69. The Kier molecular flexibility index (Phi) is 6.91. The van der Waals surface area contributed by atoms with Crippen LogP contribution in [-0.2, 0) is 25.6 Å². The molecule has 1 fully saturated rings. The predicted molar refractivity (Wildman–Crippen MR) is 111 cm³/mol. The van der Waals surface area contributed by atoms with Gasteiger partial charge >= 0.3 is 11.9 Å². The Labute approximate surface area is 178 Å². The van der Waals surface area contributed by atoms with E-state index >= 15 is 0 Å². The number of carboxylic acid groups (broad SMARTS) is 2. The molecule has 3 rings (SSSR count). The molecule has 0 bridgehead atoms. The van der Waals surface area contributed by atoms with Crippen LogP contribution in [0.15, 0.2) is 30.5 Å². The van der Waals surface area contributed by atoms with Crippen LogP contribution >= 0.6 is 0 Å². The summed E-state index contributed by atoms with van der Waals surface area (Å²) >= 11 is 0. The van der Waals surface area contributed by atoms with Crippen molar-refractivity contribution in [1.29, 1.82) is 0 Å². The van der Waals surface area contributed by atoms with Crippen molar-refractivity contribution in [3.63, 3.8) is 0 Å². The quantitative estimate of drug-likeness (QED) is 0.385. The molecule has 2 amide bonds. The molecule has 1 aromatic heterocycles. The number of aromatic nitrogens is 1. The third kappa shape index (κ3) is 5.21. The van der Waals surface area contributed by atoms with E-state index in [-0.39, 0.29) is 18.7 Å². The fraction of sp³-hybridized carbons (Fsp3) is 0.429. The lowest BCUT2D eigenvalue weighted by Crippen LogP contribution is -2.54. The van der Waals surface area contributed by atoms with Crippen molar-refractivity contribution in [2.75, 3.05) is 6.54 Å². The van der Waals surface area contributed by atoms with Crippen LogP contribution in [0.4, 0.5) is 0 Å². The van der Waals surface area contributed by atoms with Crippen LogP contribution in [0.2, 0.25) is 0 Å². The Morgan fingerprint density at radius 1 is 1.23 bits per heavy atom. The zero-order valence-corrected chi connectivity index (χ0v) is 16.9. The smallest absolute Gasteiger partial charge is 0.326 e. The van der Waals surface area contributed by atoms with Crippen LogP contribution in [0.5, 0.6) is 0 Å². The maximum absolute atomic E-state index is 13.0. The standard InChI is InChI=1S/C21H26N4O6/c22-14(10-12-11-23-15-5-2-1-4-13(12)15)20(29)25-9-3-6-17(25)19(28)24-16(21(30)31)7-8-18(26)27/h1-2,4-5,11,14,16-17,23H,3,6-10,22H2,(H,24,28)(H,26,27)(H,30,31)/t14-,16-,17-/m0/s1. The fourth-order valence-corrected chi connectivity index (χ4v) is 3.93. The van der Waals surface area contributed by atoms with Crippen molar-refractivity contribution < 1.29 is 29.4 Å². The van der Waals surface area contributed by atoms with Gasteiger partial charge in [-0.25, -0.2) is 4.79 Å². The van der Waals surface area contributed by atoms with E-state index in [4.69, 9.17) is 10.8 Å². The molecule has 1 aromatic carbocycles. The van der Waals surface area contributed by atoms with Gasteiger partial charge < -0.3 is 31.1 Å². The highest BCUT2D eigenvalue weighted by Crippen LogP contribution is 2.22. The molecule has 10 heteroatoms. The number of aliphatic carboxylic acids is 2. The number of nitrogens with one attached hydrogen (secondary N) is 2. The monoisotopic (exact) mass is 430 g/mol. The summed E-state index contributed by atoms with van der Waals surface area (Å²) in [5.41, 5.74) is 8.02. The highest BCUT2D eigenvalue weighted by atomic mass is 16.4. The fourth-order valence-electron chi connectivity index (χ4n) is 3.93. The molecule has 0 radical (unpaired) electrons. The first-order valence-corrected chi connectivity index (χ1v) is 10.1. The summed E-state index contributed by atoms with van der Waals surface area (Å²) in [4.78, 5) is 52.3. The number of nitrogens with zero attached hydrogens (tertiary/aromatic N) is 1. The molecule has 1 saturated heterocycles. The molecule has 0 unspecified atom stereocenters. The largest absolute Gasteiger partial charge is 0.481 e. The zero-order valence-electron chi connectivity index (χ0n) is 16.9. The van der Waals surface area contributed by atoms with Crippen molar-refractivity contribution in [2.24, 2.45) is 5.73 Å². The minimum Gasteiger partial charge on any atom is -0.481 e. The van der Waals surface area contributed by atoms with Crippen LogP contribution in [-0.4, -0.2) is 68.5 Å². The third-order valence-electron chi connectivity index (χ3n) is 5.53. The minimum atomic E-state index is -1.33. The van der Waals surface area contributed by atoms with Gasteiger partial charge in [-0.05, 0) is 37.3 Å². The molecule has 3 atom stereocenters. The summed E-state index contributed by atoms with van der Waals surface area (Å²) in [7, 11) is 0. The number of aromatic amines is 1. The SMILES string of the molecule is N[C@@H](Cc1c[nH]c2ccccc12)C(=O)N1CCC[C@H]1C(=O)N[C@@H](CCC(=O)O)C(=O)O. The first-order valence-electron chi connectivity index (χ1n) is 10.1. The van der Waals surface area contributed by atoms with E-state index in [1.165, 1.54) is 4.90 Å². The Morgan fingerprint density at radius 2 is 1.97 bits per heavy atom. The summed E-state index contributed by atoms with van der Waals surface area (Å²) in [6.45, 7) is 0.353. The first-order chi connectivity index (χ1) is 14.8. The molecule has 166 valence electrons. The van der Waals surface area contributed by atoms with Gasteiger partial charge in [0.1, 0.15) is 12.1 Å². The normalized spacial score (nSPS) is 18.0. The molecule has 10 nitrogen and oxygen atoms in total. The first kappa shape index (κ1) is 22.3. The van der Waals surface area contributed by atoms with Gasteiger partial charge in [-0.15, -0.1) is 0 Å². The lowest BCUT2D eigenvalue weighted by Gasteiger charge is -2.27. The van der Waals surface area contributed by atoms with Crippen molar-refractivity contribution in [1.82, 2.24) is 15.2 Å². The highest BCUT2D eigenvalue weighted by Gasteiger charge is 2.37. The topological polar surface area (TPSA) is 166 Å². The van der Waals surface area contributed by atoms with Crippen molar-refractivity contribution in [3.05, 3.63) is 36.0 Å². The highest BCUT2D eigenvalue weighted by molar-refractivity contribution is 5.93. The van der Waals surface area contributed by atoms with E-state index < -0.39 is 36.0 Å². The van der Waals surface area contributed by atoms with Gasteiger partial charge in [0, 0.05) is 30.1 Å². The summed E-state index contributed by atoms with van der Waals surface area (Å²) in [6.07, 6.45) is 2.46. The van der Waals surface area contributed by atoms with Crippen LogP contribution < -0.4 is 11.1 Å². The maximum atomic E-state index is 13.0. The van der Waals surface area contributed by atoms with Crippen LogP contribution in [0.1, 0.15) is 31.2 Å². The van der Waals surface area contributed by atoms with Gasteiger partial charge in [-0.1, -0.05) is 18.2 Å². The number of hydrogen-bond acceptors (Lipinski definition) is 5. The molecule has 0 aliphatic carbocycles. The number of rotatable bonds is 9. The molecule has 31 heavy (non-hydrogen) atoms. The van der Waals surface area contributed by atoms with E-state index in [1.807, 2.05) is 30.5 Å². The Morgan fingerprint density at radius 3 is 2.68 bits per heavy atom. The van der Waals surface area contributed by atoms with Gasteiger partial charge in [0.25, 0.3) is 0 Å². The number of carbonyl (C=O) groups excluding carboxylic acids is 2. The van der Waals surface area contributed by atoms with E-state index in [0.29, 0.717) is 25.8 Å². The third-order valence-corrected chi connectivity index (χ3v) is 5.53. The number of para-hydroxylation sites is 1. The van der Waals surface area contributed by atoms with Crippen molar-refractivity contribution in [2.45, 2.75) is 50.2 Å². The molecule has 2 heterocycles. The number of carboxylic acids is 2. The number of amides is 2. The maximum Gasteiger partial charge on any atom is 0.326 e. The van der Waals surface area contributed by atoms with Crippen molar-refractivity contribution in [3.8, 4) is 0 Å². The Hall–Kier alpha value is -3.40. The molecular formula is C21H26N4O6. The van der Waals surface area contributed by atoms with Crippen LogP contribution in [0.3, 0.4) is 0 Å². The molecule has 2 aromatic rings. The Bertz CT molecular complexity index is 987. The number of carbonyl (C=O) groups is 4. The van der Waals surface area contributed by atoms with E-state index in [0.717, 1.165) is 16.5 Å². The van der Waals surface area contributed by atoms with E-state index in [1.54, 1.807) is 0 Å². The van der Waals surface area contributed by atoms with Crippen molar-refractivity contribution >= 4 is 34.7 Å². The van der Waals surface area contributed by atoms with E-state index in [9.17, 15) is 24.3 Å². The molecule has 1 aliphatic heterocycles. The summed E-state index contributed by atoms with van der Waals surface area (Å²) in [6, 6.07) is 4.66. The number of fused-ring (bicyclic) bond motifs is 1. The molecule has 0 saturated carbocycles. The number of nitrogens with two attached hydrogens (primary N) is 1. The molecule has 6 N–H and O–H groups in total. The number of hydrogen-bond donors (Lipinski definition) is 5. The molecule has 1 aliphatic rings. The van der Waals surface area contributed by atoms with Crippen LogP contribution in [0, 0.1) is 0 Å². The molecule has 0 spiro atoms. The van der Waals surface area contributed by atoms with Gasteiger partial charge in [-0.2, -0.15) is 0 Å². The van der Waals surface area contributed by atoms with Gasteiger partial charge in [0.2, 0.25) is 11.8 Å². The number of benzene rings is 1. The van der Waals surface area contributed by atoms with Crippen LogP contribution in [0.25, 0.3) is 10.9 Å². The number of likely N-dealkylation sites (tertiary alicyclic amines) is 1. The summed E-state index contributed by atoms with van der Waals surface area (Å²) in [5, 5.41) is 21.4. The second-order valence-electron chi connectivity index (χ2n) is 7.69. The Balaban J connectivity index is 1.65. The number of H-pyrrole nitrogens is 1. The van der Waals surface area contributed by atoms with Gasteiger partial charge in [0.05, 0.1) is 6.04 Å². The average Bonchev–Trinajstić information content (AvgIpc) is 3.37. The zero-order chi connectivity index (χ0) is 22.5. The predicted octanol–water partition coefficient (Wildman–Crippen LogP) is 0.463. The van der Waals surface area contributed by atoms with Gasteiger partial charge in [-0.3, -0.25) is 14.4 Å². The lowest BCUT2D eigenvalue weighted by atomic mass is 10.0. The van der Waals surface area contributed by atoms with Gasteiger partial charge in [0.15, 0.2) is 0 Å². The minimum absolute atomic E-state index is 0.239. The summed E-state index contributed by atoms with van der Waals surface area (Å²) in [5.74, 6) is -3.45. The second kappa shape index (κ2) is 9.61.